The summed E-state index contributed by atoms with van der Waals surface area (Å²) in [5.41, 5.74) is 5.36. The van der Waals surface area contributed by atoms with E-state index < -0.39 is 12.2 Å². The van der Waals surface area contributed by atoms with Gasteiger partial charge in [0, 0.05) is 6.54 Å². The van der Waals surface area contributed by atoms with Crippen LogP contribution in [-0.2, 0) is 0 Å². The summed E-state index contributed by atoms with van der Waals surface area (Å²) in [4.78, 5) is 0. The second-order valence-corrected chi connectivity index (χ2v) is 1.89. The molecule has 1 atom stereocenters. The fourth-order valence-electron chi connectivity index (χ4n) is 0.670. The van der Waals surface area contributed by atoms with E-state index in [1.807, 2.05) is 5.43 Å². The Morgan fingerprint density at radius 2 is 2.11 bits per heavy atom. The van der Waals surface area contributed by atoms with Gasteiger partial charge in [-0.15, -0.1) is 0 Å². The van der Waals surface area contributed by atoms with Gasteiger partial charge in [0.2, 0.25) is 0 Å². The molecule has 0 spiro atoms. The molecule has 0 aromatic carbocycles. The Hall–Kier alpha value is -0.290. The quantitative estimate of drug-likeness (QED) is 0.517. The van der Waals surface area contributed by atoms with Gasteiger partial charge in [-0.25, -0.2) is 5.43 Å². The fraction of sp³-hybridized carbons (Fsp3) is 1.00. The van der Waals surface area contributed by atoms with Crippen LogP contribution in [0, 0.1) is 0 Å². The van der Waals surface area contributed by atoms with Gasteiger partial charge in [-0.05, 0) is 6.42 Å². The molecule has 2 nitrogen and oxygen atoms in total. The van der Waals surface area contributed by atoms with Crippen LogP contribution in [0.25, 0.3) is 0 Å². The lowest BCUT2D eigenvalue weighted by Crippen LogP contribution is -2.38. The Bertz CT molecular complexity index is 94.5. The average Bonchev–Trinajstić information content (AvgIpc) is 2.08. The Morgan fingerprint density at radius 3 is 2.33 bits per heavy atom. The van der Waals surface area contributed by atoms with E-state index in [9.17, 15) is 13.2 Å². The van der Waals surface area contributed by atoms with Gasteiger partial charge in [-0.1, -0.05) is 0 Å². The highest BCUT2D eigenvalue weighted by Gasteiger charge is 2.41. The van der Waals surface area contributed by atoms with Crippen molar-refractivity contribution in [2.75, 3.05) is 6.54 Å². The number of nitrogens with one attached hydrogen (secondary N) is 1. The molecule has 1 unspecified atom stereocenters. The Kier molecular flexibility index (Phi) is 1.63. The van der Waals surface area contributed by atoms with E-state index in [1.165, 1.54) is 0 Å². The minimum absolute atomic E-state index is 0.0729. The highest BCUT2D eigenvalue weighted by atomic mass is 19.4. The number of alkyl halides is 3. The van der Waals surface area contributed by atoms with Crippen LogP contribution < -0.4 is 10.9 Å². The third-order valence-electron chi connectivity index (χ3n) is 1.17. The van der Waals surface area contributed by atoms with Crippen molar-refractivity contribution in [1.82, 2.24) is 10.9 Å². The van der Waals surface area contributed by atoms with E-state index in [0.29, 0.717) is 0 Å². The van der Waals surface area contributed by atoms with E-state index in [2.05, 4.69) is 5.43 Å². The second kappa shape index (κ2) is 2.15. The molecule has 0 amide bonds. The monoisotopic (exact) mass is 139 g/mol. The topological polar surface area (TPSA) is 26.1 Å². The first-order valence-corrected chi connectivity index (χ1v) is 2.59. The molecule has 1 saturated heterocycles. The molecular weight excluding hydrogens is 133 g/mol. The van der Waals surface area contributed by atoms with Crippen molar-refractivity contribution >= 4 is 0 Å². The predicted octanol–water partition coefficient (Wildman–Crippen LogP) is 0.430. The third kappa shape index (κ3) is 1.56. The lowest BCUT2D eigenvalue weighted by atomic mass is 10.2. The molecule has 1 aliphatic rings. The second-order valence-electron chi connectivity index (χ2n) is 1.89. The summed E-state index contributed by atoms with van der Waals surface area (Å²) in [5, 5.41) is 0. The molecule has 1 rings (SSSR count). The van der Waals surface area contributed by atoms with Crippen molar-refractivity contribution in [1.29, 1.82) is 0 Å². The molecule has 0 aromatic rings. The zero-order valence-electron chi connectivity index (χ0n) is 4.57. The largest absolute Gasteiger partial charge is 0.405 e. The van der Waals surface area contributed by atoms with Crippen LogP contribution in [0.3, 0.4) is 0 Å². The summed E-state index contributed by atoms with van der Waals surface area (Å²) < 4.78 is 34.9. The molecule has 1 fully saturated rings. The van der Waals surface area contributed by atoms with Crippen molar-refractivity contribution in [3.63, 3.8) is 0 Å². The van der Waals surface area contributed by atoms with Crippen molar-refractivity contribution in [2.45, 2.75) is 18.6 Å². The van der Waals surface area contributed by atoms with E-state index >= 15 is 0 Å². The highest BCUT2D eigenvalue weighted by Crippen LogP contribution is 2.23. The zero-order valence-corrected chi connectivity index (χ0v) is 4.57. The van der Waals surface area contributed by atoms with E-state index in [1.54, 1.807) is 0 Å². The molecule has 53 valence electrons. The van der Waals surface area contributed by atoms with Crippen molar-refractivity contribution < 1.29 is 13.2 Å². The molecule has 1 N–H and O–H groups in total. The van der Waals surface area contributed by atoms with Crippen LogP contribution in [0.5, 0.6) is 0 Å². The number of hydrogen-bond acceptors (Lipinski definition) is 1. The maximum atomic E-state index is 11.6. The van der Waals surface area contributed by atoms with Crippen LogP contribution in [0.4, 0.5) is 13.2 Å². The van der Waals surface area contributed by atoms with Crippen LogP contribution in [-0.4, -0.2) is 18.8 Å². The molecule has 5 heteroatoms. The minimum atomic E-state index is -4.12. The summed E-state index contributed by atoms with van der Waals surface area (Å²) in [7, 11) is 0. The molecule has 0 saturated carbocycles. The molecule has 0 aromatic heterocycles. The Balaban J connectivity index is 2.42. The number of hydrogen-bond donors (Lipinski definition) is 1. The minimum Gasteiger partial charge on any atom is -0.228 e. The molecule has 0 bridgehead atoms. The first kappa shape index (κ1) is 6.82. The molecule has 1 heterocycles. The number of nitrogens with zero attached hydrogens (tertiary/aromatic N) is 1. The standard InChI is InChI=1S/C4H6F3N2/c5-4(6,7)3-1-2-8-9-3/h3,9H,1-2H2. The van der Waals surface area contributed by atoms with Gasteiger partial charge in [0.1, 0.15) is 6.04 Å². The lowest BCUT2D eigenvalue weighted by molar-refractivity contribution is -0.152. The number of halogens is 3. The molecule has 9 heavy (non-hydrogen) atoms. The van der Waals surface area contributed by atoms with Gasteiger partial charge >= 0.3 is 6.18 Å². The van der Waals surface area contributed by atoms with E-state index in [4.69, 9.17) is 0 Å². The molecule has 0 aliphatic carbocycles. The summed E-state index contributed by atoms with van der Waals surface area (Å²) in [6.45, 7) is 0.268. The van der Waals surface area contributed by atoms with E-state index in [-0.39, 0.29) is 13.0 Å². The van der Waals surface area contributed by atoms with Gasteiger partial charge in [-0.3, -0.25) is 0 Å². The van der Waals surface area contributed by atoms with Crippen LogP contribution in [0.15, 0.2) is 0 Å². The molecule has 1 aliphatic heterocycles. The Labute approximate surface area is 50.4 Å². The summed E-state index contributed by atoms with van der Waals surface area (Å²) in [6, 6.07) is -1.41. The summed E-state index contributed by atoms with van der Waals surface area (Å²) in [6.07, 6.45) is -4.05. The van der Waals surface area contributed by atoms with Crippen molar-refractivity contribution in [3.8, 4) is 0 Å². The van der Waals surface area contributed by atoms with Crippen LogP contribution in [0.1, 0.15) is 6.42 Å². The van der Waals surface area contributed by atoms with Crippen molar-refractivity contribution in [3.05, 3.63) is 0 Å². The maximum Gasteiger partial charge on any atom is 0.405 e. The first-order valence-electron chi connectivity index (χ1n) is 2.59. The normalized spacial score (nSPS) is 29.0. The lowest BCUT2D eigenvalue weighted by Gasteiger charge is -2.11. The fourth-order valence-corrected chi connectivity index (χ4v) is 0.670. The third-order valence-corrected chi connectivity index (χ3v) is 1.17. The van der Waals surface area contributed by atoms with Crippen LogP contribution >= 0.6 is 0 Å². The van der Waals surface area contributed by atoms with Gasteiger partial charge in [0.05, 0.1) is 0 Å². The number of rotatable bonds is 0. The SMILES string of the molecule is FC(F)(F)C1CC[N]N1. The Morgan fingerprint density at radius 1 is 1.44 bits per heavy atom. The van der Waals surface area contributed by atoms with Gasteiger partial charge < -0.3 is 0 Å². The smallest absolute Gasteiger partial charge is 0.228 e. The predicted molar refractivity (Wildman–Crippen MR) is 24.6 cm³/mol. The summed E-state index contributed by atoms with van der Waals surface area (Å²) in [5.74, 6) is 0. The van der Waals surface area contributed by atoms with Gasteiger partial charge in [-0.2, -0.15) is 18.6 Å². The van der Waals surface area contributed by atoms with Gasteiger partial charge in [0.15, 0.2) is 0 Å². The van der Waals surface area contributed by atoms with Crippen molar-refractivity contribution in [2.24, 2.45) is 0 Å². The maximum absolute atomic E-state index is 11.6. The molecule has 1 radical (unpaired) electrons. The summed E-state index contributed by atoms with van der Waals surface area (Å²) >= 11 is 0. The zero-order chi connectivity index (χ0) is 6.91. The van der Waals surface area contributed by atoms with Crippen LogP contribution in [0.2, 0.25) is 0 Å². The molecular formula is C4H6F3N2. The first-order chi connectivity index (χ1) is 4.11. The average molecular weight is 139 g/mol. The van der Waals surface area contributed by atoms with Gasteiger partial charge in [0.25, 0.3) is 0 Å². The van der Waals surface area contributed by atoms with E-state index in [0.717, 1.165) is 0 Å². The highest BCUT2D eigenvalue weighted by molar-refractivity contribution is 4.78.